The smallest absolute Gasteiger partial charge is 0.264 e. The number of thiophene rings is 1. The molecular formula is C16H20N2OS. The molecule has 20 heavy (non-hydrogen) atoms. The molecule has 2 fully saturated rings. The molecular weight excluding hydrogens is 268 g/mol. The van der Waals surface area contributed by atoms with Crippen molar-refractivity contribution in [1.82, 2.24) is 4.90 Å². The van der Waals surface area contributed by atoms with Crippen LogP contribution in [0.4, 0.5) is 0 Å². The van der Waals surface area contributed by atoms with E-state index in [-0.39, 0.29) is 5.91 Å². The van der Waals surface area contributed by atoms with Gasteiger partial charge in [0.15, 0.2) is 0 Å². The summed E-state index contributed by atoms with van der Waals surface area (Å²) in [5.41, 5.74) is 6.49. The molecule has 0 bridgehead atoms. The molecule has 1 heterocycles. The average Bonchev–Trinajstić information content (AvgIpc) is 3.32. The molecule has 1 aromatic rings. The molecule has 106 valence electrons. The largest absolute Gasteiger partial charge is 0.335 e. The zero-order chi connectivity index (χ0) is 14.1. The first-order valence-corrected chi connectivity index (χ1v) is 8.11. The average molecular weight is 288 g/mol. The Morgan fingerprint density at radius 2 is 2.20 bits per heavy atom. The predicted molar refractivity (Wildman–Crippen MR) is 81.8 cm³/mol. The van der Waals surface area contributed by atoms with E-state index in [9.17, 15) is 4.79 Å². The van der Waals surface area contributed by atoms with Gasteiger partial charge in [-0.3, -0.25) is 4.79 Å². The second-order valence-corrected chi connectivity index (χ2v) is 6.81. The van der Waals surface area contributed by atoms with E-state index in [2.05, 4.69) is 16.7 Å². The summed E-state index contributed by atoms with van der Waals surface area (Å²) in [4.78, 5) is 16.6. The van der Waals surface area contributed by atoms with Crippen molar-refractivity contribution in [2.45, 2.75) is 38.6 Å². The van der Waals surface area contributed by atoms with Gasteiger partial charge in [-0.05, 0) is 50.2 Å². The van der Waals surface area contributed by atoms with Crippen molar-refractivity contribution in [2.75, 3.05) is 13.1 Å². The standard InChI is InChI=1S/C16H20N2OS/c1-11-9-15(20-14(11)3-2-8-17)16(19)18(13-6-7-13)10-12-4-5-12/h9,12-13H,4-8,10,17H2,1H3. The van der Waals surface area contributed by atoms with Crippen LogP contribution in [0, 0.1) is 24.7 Å². The molecule has 2 saturated carbocycles. The number of hydrogen-bond donors (Lipinski definition) is 1. The predicted octanol–water partition coefficient (Wildman–Crippen LogP) is 2.38. The Labute approximate surface area is 124 Å². The molecule has 2 aliphatic carbocycles. The highest BCUT2D eigenvalue weighted by molar-refractivity contribution is 7.14. The number of amides is 1. The quantitative estimate of drug-likeness (QED) is 0.865. The highest BCUT2D eigenvalue weighted by Crippen LogP contribution is 2.36. The van der Waals surface area contributed by atoms with Crippen molar-refractivity contribution < 1.29 is 4.79 Å². The van der Waals surface area contributed by atoms with E-state index < -0.39 is 0 Å². The van der Waals surface area contributed by atoms with Crippen molar-refractivity contribution in [1.29, 1.82) is 0 Å². The van der Waals surface area contributed by atoms with Crippen molar-refractivity contribution in [3.8, 4) is 11.8 Å². The van der Waals surface area contributed by atoms with E-state index in [0.29, 0.717) is 12.6 Å². The van der Waals surface area contributed by atoms with E-state index in [4.69, 9.17) is 5.73 Å². The van der Waals surface area contributed by atoms with Gasteiger partial charge in [0.1, 0.15) is 0 Å². The van der Waals surface area contributed by atoms with Crippen LogP contribution in [0.25, 0.3) is 0 Å². The summed E-state index contributed by atoms with van der Waals surface area (Å²) in [5, 5.41) is 0. The molecule has 0 radical (unpaired) electrons. The monoisotopic (exact) mass is 288 g/mol. The highest BCUT2D eigenvalue weighted by atomic mass is 32.1. The maximum Gasteiger partial charge on any atom is 0.264 e. The van der Waals surface area contributed by atoms with Gasteiger partial charge >= 0.3 is 0 Å². The zero-order valence-electron chi connectivity index (χ0n) is 11.8. The Kier molecular flexibility index (Phi) is 3.82. The third-order valence-corrected chi connectivity index (χ3v) is 4.97. The number of rotatable bonds is 4. The summed E-state index contributed by atoms with van der Waals surface area (Å²) < 4.78 is 0. The van der Waals surface area contributed by atoms with Gasteiger partial charge < -0.3 is 10.6 Å². The third kappa shape index (κ3) is 3.05. The highest BCUT2D eigenvalue weighted by Gasteiger charge is 2.37. The lowest BCUT2D eigenvalue weighted by Crippen LogP contribution is -2.34. The van der Waals surface area contributed by atoms with Crippen LogP contribution in [0.2, 0.25) is 0 Å². The fraction of sp³-hybridized carbons (Fsp3) is 0.562. The van der Waals surface area contributed by atoms with Gasteiger partial charge in [0.25, 0.3) is 5.91 Å². The number of carbonyl (C=O) groups excluding carboxylic acids is 1. The Bertz CT molecular complexity index is 573. The maximum absolute atomic E-state index is 12.7. The SMILES string of the molecule is Cc1cc(C(=O)N(CC2CC2)C2CC2)sc1C#CCN. The molecule has 0 aliphatic heterocycles. The van der Waals surface area contributed by atoms with E-state index in [1.807, 2.05) is 13.0 Å². The molecule has 3 nitrogen and oxygen atoms in total. The fourth-order valence-corrected chi connectivity index (χ4v) is 3.35. The summed E-state index contributed by atoms with van der Waals surface area (Å²) in [6.07, 6.45) is 4.91. The number of nitrogens with zero attached hydrogens (tertiary/aromatic N) is 1. The van der Waals surface area contributed by atoms with Crippen molar-refractivity contribution in [3.63, 3.8) is 0 Å². The van der Waals surface area contributed by atoms with Crippen LogP contribution in [0.5, 0.6) is 0 Å². The normalized spacial score (nSPS) is 17.5. The molecule has 0 saturated heterocycles. The van der Waals surface area contributed by atoms with E-state index in [0.717, 1.165) is 27.8 Å². The Morgan fingerprint density at radius 1 is 1.45 bits per heavy atom. The Balaban J connectivity index is 1.77. The first-order chi connectivity index (χ1) is 9.69. The molecule has 2 aliphatic rings. The zero-order valence-corrected chi connectivity index (χ0v) is 12.6. The molecule has 0 unspecified atom stereocenters. The van der Waals surface area contributed by atoms with Gasteiger partial charge in [0.05, 0.1) is 16.3 Å². The van der Waals surface area contributed by atoms with Crippen molar-refractivity contribution in [3.05, 3.63) is 21.4 Å². The van der Waals surface area contributed by atoms with Crippen LogP contribution >= 0.6 is 11.3 Å². The van der Waals surface area contributed by atoms with E-state index >= 15 is 0 Å². The first-order valence-electron chi connectivity index (χ1n) is 7.29. The minimum atomic E-state index is 0.202. The summed E-state index contributed by atoms with van der Waals surface area (Å²) in [6, 6.07) is 2.47. The molecule has 4 heteroatoms. The summed E-state index contributed by atoms with van der Waals surface area (Å²) in [5.74, 6) is 6.87. The lowest BCUT2D eigenvalue weighted by Gasteiger charge is -2.21. The molecule has 0 atom stereocenters. The lowest BCUT2D eigenvalue weighted by molar-refractivity contribution is 0.0739. The summed E-state index contributed by atoms with van der Waals surface area (Å²) in [6.45, 7) is 3.32. The van der Waals surface area contributed by atoms with Crippen LogP contribution in [-0.4, -0.2) is 29.9 Å². The van der Waals surface area contributed by atoms with Crippen LogP contribution < -0.4 is 5.73 Å². The lowest BCUT2D eigenvalue weighted by atomic mass is 10.2. The van der Waals surface area contributed by atoms with E-state index in [1.54, 1.807) is 0 Å². The fourth-order valence-electron chi connectivity index (χ4n) is 2.35. The van der Waals surface area contributed by atoms with E-state index in [1.165, 1.54) is 37.0 Å². The Hall–Kier alpha value is -1.31. The van der Waals surface area contributed by atoms with Gasteiger partial charge in [-0.25, -0.2) is 0 Å². The van der Waals surface area contributed by atoms with Gasteiger partial charge in [0.2, 0.25) is 0 Å². The molecule has 3 rings (SSSR count). The van der Waals surface area contributed by atoms with Gasteiger partial charge in [-0.1, -0.05) is 11.8 Å². The molecule has 0 spiro atoms. The number of carbonyl (C=O) groups is 1. The molecule has 2 N–H and O–H groups in total. The minimum absolute atomic E-state index is 0.202. The minimum Gasteiger partial charge on any atom is -0.335 e. The second kappa shape index (κ2) is 5.59. The van der Waals surface area contributed by atoms with Crippen LogP contribution in [-0.2, 0) is 0 Å². The number of aryl methyl sites for hydroxylation is 1. The van der Waals surface area contributed by atoms with Gasteiger partial charge in [0, 0.05) is 12.6 Å². The second-order valence-electron chi connectivity index (χ2n) is 5.76. The molecule has 1 aromatic heterocycles. The maximum atomic E-state index is 12.7. The van der Waals surface area contributed by atoms with Crippen LogP contribution in [0.15, 0.2) is 6.07 Å². The number of hydrogen-bond acceptors (Lipinski definition) is 3. The summed E-state index contributed by atoms with van der Waals surface area (Å²) >= 11 is 1.51. The van der Waals surface area contributed by atoms with Gasteiger partial charge in [-0.15, -0.1) is 11.3 Å². The Morgan fingerprint density at radius 3 is 2.80 bits per heavy atom. The van der Waals surface area contributed by atoms with Crippen LogP contribution in [0.3, 0.4) is 0 Å². The van der Waals surface area contributed by atoms with Gasteiger partial charge in [-0.2, -0.15) is 0 Å². The van der Waals surface area contributed by atoms with Crippen molar-refractivity contribution >= 4 is 17.2 Å². The topological polar surface area (TPSA) is 46.3 Å². The molecule has 0 aromatic carbocycles. The van der Waals surface area contributed by atoms with Crippen molar-refractivity contribution in [2.24, 2.45) is 11.7 Å². The first kappa shape index (κ1) is 13.7. The molecule has 1 amide bonds. The number of nitrogens with two attached hydrogens (primary N) is 1. The summed E-state index contributed by atoms with van der Waals surface area (Å²) in [7, 11) is 0. The third-order valence-electron chi connectivity index (χ3n) is 3.83. The van der Waals surface area contributed by atoms with Crippen LogP contribution in [0.1, 0.15) is 45.8 Å².